The van der Waals surface area contributed by atoms with E-state index >= 15 is 0 Å². The average Bonchev–Trinajstić information content (AvgIpc) is 2.58. The molecule has 3 N–H and O–H groups in total. The number of aromatic nitrogens is 1. The molecule has 0 aliphatic rings. The third-order valence-corrected chi connectivity index (χ3v) is 2.86. The van der Waals surface area contributed by atoms with Gasteiger partial charge >= 0.3 is 0 Å². The molecular weight excluding hydrogens is 306 g/mol. The number of nitrogens with zero attached hydrogens (tertiary/aromatic N) is 2. The average molecular weight is 321 g/mol. The summed E-state index contributed by atoms with van der Waals surface area (Å²) in [5.41, 5.74) is 1.04. The second-order valence-electron chi connectivity index (χ2n) is 4.74. The van der Waals surface area contributed by atoms with Gasteiger partial charge in [0, 0.05) is 30.7 Å². The molecule has 0 radical (unpaired) electrons. The molecule has 0 saturated carbocycles. The summed E-state index contributed by atoms with van der Waals surface area (Å²) in [6.45, 7) is 1.41. The molecule has 1 aromatic carbocycles. The van der Waals surface area contributed by atoms with E-state index in [1.54, 1.807) is 48.7 Å². The number of anilines is 3. The molecule has 120 valence electrons. The van der Waals surface area contributed by atoms with Crippen molar-refractivity contribution >= 4 is 29.0 Å². The van der Waals surface area contributed by atoms with E-state index in [-0.39, 0.29) is 11.5 Å². The quantitative estimate of drug-likeness (QED) is 0.579. The summed E-state index contributed by atoms with van der Waals surface area (Å²) in [4.78, 5) is 27.1. The van der Waals surface area contributed by atoms with Gasteiger partial charge in [-0.25, -0.2) is 4.98 Å². The van der Waals surface area contributed by atoms with Crippen molar-refractivity contribution < 1.29 is 9.59 Å². The Bertz CT molecular complexity index is 792. The van der Waals surface area contributed by atoms with E-state index in [0.717, 1.165) is 0 Å². The van der Waals surface area contributed by atoms with Crippen LogP contribution in [0.15, 0.2) is 60.4 Å². The molecule has 0 aliphatic heterocycles. The van der Waals surface area contributed by atoms with Gasteiger partial charge in [-0.1, -0.05) is 6.07 Å². The first kappa shape index (κ1) is 16.7. The van der Waals surface area contributed by atoms with Crippen LogP contribution in [0.1, 0.15) is 6.92 Å². The Balaban J connectivity index is 2.01. The number of amides is 2. The minimum atomic E-state index is -0.548. The molecule has 0 bridgehead atoms. The van der Waals surface area contributed by atoms with Gasteiger partial charge in [-0.05, 0) is 36.4 Å². The van der Waals surface area contributed by atoms with Crippen LogP contribution in [0.2, 0.25) is 0 Å². The van der Waals surface area contributed by atoms with Crippen molar-refractivity contribution in [3.05, 3.63) is 60.4 Å². The molecule has 7 nitrogen and oxygen atoms in total. The maximum Gasteiger partial charge on any atom is 0.267 e. The Labute approximate surface area is 139 Å². The van der Waals surface area contributed by atoms with Crippen molar-refractivity contribution in [2.45, 2.75) is 6.92 Å². The van der Waals surface area contributed by atoms with E-state index in [2.05, 4.69) is 20.9 Å². The number of hydrogen-bond donors (Lipinski definition) is 3. The molecule has 0 saturated heterocycles. The van der Waals surface area contributed by atoms with Crippen molar-refractivity contribution in [2.75, 3.05) is 16.0 Å². The molecule has 2 rings (SSSR count). The van der Waals surface area contributed by atoms with Crippen LogP contribution in [-0.4, -0.2) is 16.8 Å². The molecule has 7 heteroatoms. The molecule has 0 fully saturated rings. The van der Waals surface area contributed by atoms with Crippen LogP contribution in [0.25, 0.3) is 0 Å². The van der Waals surface area contributed by atoms with E-state index in [4.69, 9.17) is 5.26 Å². The SMILES string of the molecule is CC(=O)Nc1ccc(NC(=O)/C(C#N)=C\Nc2ccccn2)cc1. The van der Waals surface area contributed by atoms with Crippen molar-refractivity contribution in [3.8, 4) is 6.07 Å². The summed E-state index contributed by atoms with van der Waals surface area (Å²) in [7, 11) is 0. The third-order valence-electron chi connectivity index (χ3n) is 2.86. The smallest absolute Gasteiger partial charge is 0.267 e. The van der Waals surface area contributed by atoms with Gasteiger partial charge in [0.15, 0.2) is 0 Å². The number of carbonyl (C=O) groups excluding carboxylic acids is 2. The van der Waals surface area contributed by atoms with E-state index in [0.29, 0.717) is 17.2 Å². The second kappa shape index (κ2) is 8.10. The fourth-order valence-electron chi connectivity index (χ4n) is 1.78. The van der Waals surface area contributed by atoms with E-state index in [1.807, 2.05) is 6.07 Å². The molecule has 0 unspecified atom stereocenters. The summed E-state index contributed by atoms with van der Waals surface area (Å²) >= 11 is 0. The largest absolute Gasteiger partial charge is 0.345 e. The first-order valence-corrected chi connectivity index (χ1v) is 7.05. The Morgan fingerprint density at radius 1 is 1.08 bits per heavy atom. The summed E-state index contributed by atoms with van der Waals surface area (Å²) in [6.07, 6.45) is 2.89. The Hall–Kier alpha value is -3.66. The molecule has 0 atom stereocenters. The lowest BCUT2D eigenvalue weighted by molar-refractivity contribution is -0.114. The fraction of sp³-hybridized carbons (Fsp3) is 0.0588. The molecule has 0 spiro atoms. The van der Waals surface area contributed by atoms with Crippen LogP contribution in [0.5, 0.6) is 0 Å². The van der Waals surface area contributed by atoms with E-state index < -0.39 is 5.91 Å². The lowest BCUT2D eigenvalue weighted by Gasteiger charge is -2.06. The lowest BCUT2D eigenvalue weighted by Crippen LogP contribution is -2.14. The number of nitrogens with one attached hydrogen (secondary N) is 3. The minimum absolute atomic E-state index is 0.0911. The summed E-state index contributed by atoms with van der Waals surface area (Å²) in [5, 5.41) is 17.1. The van der Waals surface area contributed by atoms with Gasteiger partial charge in [-0.2, -0.15) is 5.26 Å². The molecule has 2 amide bonds. The predicted octanol–water partition coefficient (Wildman–Crippen LogP) is 2.50. The summed E-state index contributed by atoms with van der Waals surface area (Å²) < 4.78 is 0. The van der Waals surface area contributed by atoms with Crippen molar-refractivity contribution in [1.82, 2.24) is 4.98 Å². The topological polar surface area (TPSA) is 107 Å². The highest BCUT2D eigenvalue weighted by molar-refractivity contribution is 6.06. The zero-order valence-corrected chi connectivity index (χ0v) is 12.9. The van der Waals surface area contributed by atoms with Gasteiger partial charge in [0.2, 0.25) is 5.91 Å². The molecule has 2 aromatic rings. The second-order valence-corrected chi connectivity index (χ2v) is 4.74. The number of rotatable bonds is 5. The highest BCUT2D eigenvalue weighted by atomic mass is 16.2. The summed E-state index contributed by atoms with van der Waals surface area (Å²) in [6, 6.07) is 13.7. The van der Waals surface area contributed by atoms with Crippen LogP contribution < -0.4 is 16.0 Å². The fourth-order valence-corrected chi connectivity index (χ4v) is 1.78. The standard InChI is InChI=1S/C17H15N5O2/c1-12(23)21-14-5-7-15(8-6-14)22-17(24)13(10-18)11-20-16-4-2-3-9-19-16/h2-9,11H,1H3,(H,19,20)(H,21,23)(H,22,24)/b13-11-. The third kappa shape index (κ3) is 4.96. The summed E-state index contributed by atoms with van der Waals surface area (Å²) in [5.74, 6) is -0.201. The minimum Gasteiger partial charge on any atom is -0.345 e. The van der Waals surface area contributed by atoms with Crippen LogP contribution in [-0.2, 0) is 9.59 Å². The van der Waals surface area contributed by atoms with E-state index in [9.17, 15) is 9.59 Å². The Morgan fingerprint density at radius 2 is 1.75 bits per heavy atom. The first-order valence-electron chi connectivity index (χ1n) is 7.05. The first-order chi connectivity index (χ1) is 11.6. The van der Waals surface area contributed by atoms with Gasteiger partial charge < -0.3 is 16.0 Å². The lowest BCUT2D eigenvalue weighted by atomic mass is 10.2. The molecular formula is C17H15N5O2. The number of hydrogen-bond acceptors (Lipinski definition) is 5. The Morgan fingerprint density at radius 3 is 2.29 bits per heavy atom. The highest BCUT2D eigenvalue weighted by Gasteiger charge is 2.09. The van der Waals surface area contributed by atoms with Gasteiger partial charge in [0.25, 0.3) is 5.91 Å². The Kier molecular flexibility index (Phi) is 5.64. The normalized spacial score (nSPS) is 10.4. The van der Waals surface area contributed by atoms with Gasteiger partial charge in [0.05, 0.1) is 0 Å². The predicted molar refractivity (Wildman–Crippen MR) is 90.9 cm³/mol. The van der Waals surface area contributed by atoms with Crippen LogP contribution >= 0.6 is 0 Å². The molecule has 1 aromatic heterocycles. The molecule has 0 aliphatic carbocycles. The monoisotopic (exact) mass is 321 g/mol. The zero-order chi connectivity index (χ0) is 17.4. The van der Waals surface area contributed by atoms with Crippen LogP contribution in [0.3, 0.4) is 0 Å². The maximum atomic E-state index is 12.1. The number of nitriles is 1. The number of benzene rings is 1. The van der Waals surface area contributed by atoms with Gasteiger partial charge in [0.1, 0.15) is 17.5 Å². The zero-order valence-electron chi connectivity index (χ0n) is 12.9. The van der Waals surface area contributed by atoms with Crippen molar-refractivity contribution in [3.63, 3.8) is 0 Å². The maximum absolute atomic E-state index is 12.1. The number of carbonyl (C=O) groups is 2. The molecule has 1 heterocycles. The van der Waals surface area contributed by atoms with Crippen LogP contribution in [0, 0.1) is 11.3 Å². The molecule has 24 heavy (non-hydrogen) atoms. The van der Waals surface area contributed by atoms with Crippen molar-refractivity contribution in [2.24, 2.45) is 0 Å². The van der Waals surface area contributed by atoms with Crippen molar-refractivity contribution in [1.29, 1.82) is 5.26 Å². The van der Waals surface area contributed by atoms with Gasteiger partial charge in [-0.15, -0.1) is 0 Å². The van der Waals surface area contributed by atoms with Crippen LogP contribution in [0.4, 0.5) is 17.2 Å². The van der Waals surface area contributed by atoms with Gasteiger partial charge in [-0.3, -0.25) is 9.59 Å². The number of pyridine rings is 1. The van der Waals surface area contributed by atoms with E-state index in [1.165, 1.54) is 13.1 Å². The highest BCUT2D eigenvalue weighted by Crippen LogP contribution is 2.14.